The van der Waals surface area contributed by atoms with Crippen LogP contribution < -0.4 is 10.2 Å². The van der Waals surface area contributed by atoms with Crippen molar-refractivity contribution >= 4 is 39.7 Å². The molecule has 1 N–H and O–H groups in total. The lowest BCUT2D eigenvalue weighted by Gasteiger charge is -2.12. The van der Waals surface area contributed by atoms with Crippen LogP contribution in [0.4, 0.5) is 0 Å². The summed E-state index contributed by atoms with van der Waals surface area (Å²) in [5.41, 5.74) is 3.24. The Morgan fingerprint density at radius 3 is 2.73 bits per heavy atom. The molecule has 114 valence electrons. The Labute approximate surface area is 142 Å². The van der Waals surface area contributed by atoms with Crippen molar-refractivity contribution in [3.05, 3.63) is 63.6 Å². The van der Waals surface area contributed by atoms with Crippen molar-refractivity contribution in [3.8, 4) is 5.75 Å². The molecule has 1 amide bonds. The van der Waals surface area contributed by atoms with Crippen LogP contribution in [0.15, 0.2) is 58.1 Å². The highest BCUT2D eigenvalue weighted by Crippen LogP contribution is 2.17. The lowest BCUT2D eigenvalue weighted by Crippen LogP contribution is -2.33. The standard InChI is InChI=1S/C16H14BrClN2O2/c1-11(22-15-7-5-13(17)6-8-15)16(21)20-19-10-12-3-2-4-14(18)9-12/h2-11H,1H3,(H,20,21)/b19-10+. The third kappa shape index (κ3) is 5.16. The molecule has 0 aliphatic carbocycles. The Morgan fingerprint density at radius 2 is 2.05 bits per heavy atom. The van der Waals surface area contributed by atoms with Crippen LogP contribution in [0.3, 0.4) is 0 Å². The summed E-state index contributed by atoms with van der Waals surface area (Å²) in [6.45, 7) is 1.66. The monoisotopic (exact) mass is 380 g/mol. The van der Waals surface area contributed by atoms with Crippen LogP contribution in [0.1, 0.15) is 12.5 Å². The van der Waals surface area contributed by atoms with E-state index >= 15 is 0 Å². The molecular weight excluding hydrogens is 368 g/mol. The predicted octanol–water partition coefficient (Wildman–Crippen LogP) is 4.02. The zero-order chi connectivity index (χ0) is 15.9. The van der Waals surface area contributed by atoms with E-state index in [-0.39, 0.29) is 5.91 Å². The Kier molecular flexibility index (Phi) is 5.98. The first-order valence-electron chi connectivity index (χ1n) is 6.55. The number of hydrazone groups is 1. The molecule has 1 unspecified atom stereocenters. The highest BCUT2D eigenvalue weighted by atomic mass is 79.9. The van der Waals surface area contributed by atoms with Crippen LogP contribution in [-0.2, 0) is 4.79 Å². The van der Waals surface area contributed by atoms with Gasteiger partial charge in [0.1, 0.15) is 5.75 Å². The molecule has 0 spiro atoms. The fraction of sp³-hybridized carbons (Fsp3) is 0.125. The van der Waals surface area contributed by atoms with E-state index in [0.29, 0.717) is 10.8 Å². The van der Waals surface area contributed by atoms with Crippen LogP contribution in [0.2, 0.25) is 5.02 Å². The van der Waals surface area contributed by atoms with Crippen LogP contribution in [0.5, 0.6) is 5.75 Å². The van der Waals surface area contributed by atoms with Crippen molar-refractivity contribution in [2.45, 2.75) is 13.0 Å². The fourth-order valence-corrected chi connectivity index (χ4v) is 2.08. The van der Waals surface area contributed by atoms with Gasteiger partial charge >= 0.3 is 0 Å². The van der Waals surface area contributed by atoms with E-state index in [0.717, 1.165) is 10.0 Å². The molecule has 2 aromatic carbocycles. The van der Waals surface area contributed by atoms with Gasteiger partial charge in [-0.05, 0) is 48.9 Å². The number of hydrogen-bond acceptors (Lipinski definition) is 3. The molecule has 0 saturated heterocycles. The third-order valence-corrected chi connectivity index (χ3v) is 3.50. The lowest BCUT2D eigenvalue weighted by molar-refractivity contribution is -0.127. The largest absolute Gasteiger partial charge is 0.481 e. The van der Waals surface area contributed by atoms with Crippen molar-refractivity contribution in [3.63, 3.8) is 0 Å². The smallest absolute Gasteiger partial charge is 0.280 e. The van der Waals surface area contributed by atoms with E-state index in [4.69, 9.17) is 16.3 Å². The van der Waals surface area contributed by atoms with Gasteiger partial charge in [-0.15, -0.1) is 0 Å². The lowest BCUT2D eigenvalue weighted by atomic mass is 10.2. The number of carbonyl (C=O) groups is 1. The summed E-state index contributed by atoms with van der Waals surface area (Å²) in [5.74, 6) is 0.283. The van der Waals surface area contributed by atoms with Gasteiger partial charge in [-0.3, -0.25) is 4.79 Å². The summed E-state index contributed by atoms with van der Waals surface area (Å²) in [6, 6.07) is 14.4. The first-order chi connectivity index (χ1) is 10.5. The molecule has 0 aliphatic rings. The van der Waals surface area contributed by atoms with Crippen LogP contribution in [-0.4, -0.2) is 18.2 Å². The van der Waals surface area contributed by atoms with E-state index < -0.39 is 6.10 Å². The average Bonchev–Trinajstić information content (AvgIpc) is 2.49. The van der Waals surface area contributed by atoms with Crippen molar-refractivity contribution < 1.29 is 9.53 Å². The SMILES string of the molecule is CC(Oc1ccc(Br)cc1)C(=O)N/N=C/c1cccc(Cl)c1. The van der Waals surface area contributed by atoms with Gasteiger partial charge in [0.2, 0.25) is 0 Å². The Morgan fingerprint density at radius 1 is 1.32 bits per heavy atom. The van der Waals surface area contributed by atoms with Crippen molar-refractivity contribution in [2.75, 3.05) is 0 Å². The third-order valence-electron chi connectivity index (χ3n) is 2.73. The first-order valence-corrected chi connectivity index (χ1v) is 7.72. The summed E-state index contributed by atoms with van der Waals surface area (Å²) < 4.78 is 6.47. The Hall–Kier alpha value is -1.85. The van der Waals surface area contributed by atoms with E-state index in [1.54, 1.807) is 31.2 Å². The molecule has 0 radical (unpaired) electrons. The maximum atomic E-state index is 11.9. The van der Waals surface area contributed by atoms with Crippen LogP contribution in [0, 0.1) is 0 Å². The number of rotatable bonds is 5. The molecule has 0 saturated carbocycles. The van der Waals surface area contributed by atoms with E-state index in [1.165, 1.54) is 6.21 Å². The maximum absolute atomic E-state index is 11.9. The molecule has 0 aliphatic heterocycles. The van der Waals surface area contributed by atoms with Gasteiger partial charge in [0.25, 0.3) is 5.91 Å². The topological polar surface area (TPSA) is 50.7 Å². The number of nitrogens with one attached hydrogen (secondary N) is 1. The molecule has 0 aromatic heterocycles. The number of hydrogen-bond donors (Lipinski definition) is 1. The molecule has 4 nitrogen and oxygen atoms in total. The molecule has 2 aromatic rings. The van der Waals surface area contributed by atoms with Gasteiger partial charge < -0.3 is 4.74 Å². The number of nitrogens with zero attached hydrogens (tertiary/aromatic N) is 1. The molecule has 22 heavy (non-hydrogen) atoms. The number of amides is 1. The van der Waals surface area contributed by atoms with Crippen molar-refractivity contribution in [1.29, 1.82) is 0 Å². The normalized spacial score (nSPS) is 12.1. The Balaban J connectivity index is 1.87. The summed E-state index contributed by atoms with van der Waals surface area (Å²) in [7, 11) is 0. The minimum absolute atomic E-state index is 0.332. The summed E-state index contributed by atoms with van der Waals surface area (Å²) in [5, 5.41) is 4.50. The second kappa shape index (κ2) is 7.96. The average molecular weight is 382 g/mol. The molecule has 0 heterocycles. The molecule has 0 bridgehead atoms. The second-order valence-corrected chi connectivity index (χ2v) is 5.86. The van der Waals surface area contributed by atoms with Gasteiger partial charge in [0.15, 0.2) is 6.10 Å². The highest BCUT2D eigenvalue weighted by Gasteiger charge is 2.13. The molecule has 2 rings (SSSR count). The van der Waals surface area contributed by atoms with Crippen molar-refractivity contribution in [1.82, 2.24) is 5.43 Å². The summed E-state index contributed by atoms with van der Waals surface area (Å²) >= 11 is 9.20. The number of benzene rings is 2. The molecular formula is C16H14BrClN2O2. The Bertz CT molecular complexity index is 674. The zero-order valence-electron chi connectivity index (χ0n) is 11.8. The quantitative estimate of drug-likeness (QED) is 0.628. The summed E-state index contributed by atoms with van der Waals surface area (Å²) in [4.78, 5) is 11.9. The number of carbonyl (C=O) groups excluding carboxylic acids is 1. The highest BCUT2D eigenvalue weighted by molar-refractivity contribution is 9.10. The predicted molar refractivity (Wildman–Crippen MR) is 91.4 cm³/mol. The summed E-state index contributed by atoms with van der Waals surface area (Å²) in [6.07, 6.45) is 0.869. The van der Waals surface area contributed by atoms with E-state index in [2.05, 4.69) is 26.5 Å². The van der Waals surface area contributed by atoms with Gasteiger partial charge in [0, 0.05) is 9.50 Å². The molecule has 6 heteroatoms. The van der Waals surface area contributed by atoms with Crippen LogP contribution >= 0.6 is 27.5 Å². The van der Waals surface area contributed by atoms with Crippen molar-refractivity contribution in [2.24, 2.45) is 5.10 Å². The molecule has 0 fully saturated rings. The second-order valence-electron chi connectivity index (χ2n) is 4.50. The van der Waals surface area contributed by atoms with Crippen LogP contribution in [0.25, 0.3) is 0 Å². The van der Waals surface area contributed by atoms with E-state index in [9.17, 15) is 4.79 Å². The van der Waals surface area contributed by atoms with Gasteiger partial charge in [-0.1, -0.05) is 39.7 Å². The van der Waals surface area contributed by atoms with Gasteiger partial charge in [-0.25, -0.2) is 5.43 Å². The van der Waals surface area contributed by atoms with Gasteiger partial charge in [0.05, 0.1) is 6.21 Å². The van der Waals surface area contributed by atoms with Gasteiger partial charge in [-0.2, -0.15) is 5.10 Å². The maximum Gasteiger partial charge on any atom is 0.280 e. The first kappa shape index (κ1) is 16.5. The fourth-order valence-electron chi connectivity index (χ4n) is 1.62. The number of halogens is 2. The van der Waals surface area contributed by atoms with E-state index in [1.807, 2.05) is 24.3 Å². The minimum Gasteiger partial charge on any atom is -0.481 e. The minimum atomic E-state index is -0.655. The molecule has 1 atom stereocenters. The zero-order valence-corrected chi connectivity index (χ0v) is 14.1. The number of ether oxygens (including phenoxy) is 1.